The summed E-state index contributed by atoms with van der Waals surface area (Å²) in [5.41, 5.74) is 2.59. The molecule has 0 saturated carbocycles. The van der Waals surface area contributed by atoms with Crippen molar-refractivity contribution in [3.8, 4) is 11.6 Å². The smallest absolute Gasteiger partial charge is 0.276 e. The number of ether oxygens (including phenoxy) is 1. The monoisotopic (exact) mass is 291 g/mol. The molecular weight excluding hydrogens is 274 g/mol. The van der Waals surface area contributed by atoms with E-state index in [1.165, 1.54) is 10.7 Å². The van der Waals surface area contributed by atoms with Gasteiger partial charge >= 0.3 is 0 Å². The van der Waals surface area contributed by atoms with E-state index >= 15 is 0 Å². The first-order chi connectivity index (χ1) is 9.85. The van der Waals surface area contributed by atoms with Crippen LogP contribution in [0.25, 0.3) is 0 Å². The minimum absolute atomic E-state index is 0.0000359. The average Bonchev–Trinajstić information content (AvgIpc) is 2.66. The molecule has 0 fully saturated rings. The second-order valence-corrected chi connectivity index (χ2v) is 4.91. The fourth-order valence-corrected chi connectivity index (χ4v) is 2.22. The lowest BCUT2D eigenvalue weighted by Gasteiger charge is -2.11. The predicted octanol–water partition coefficient (Wildman–Crippen LogP) is 2.54. The molecule has 7 heteroatoms. The van der Waals surface area contributed by atoms with Gasteiger partial charge in [-0.15, -0.1) is 0 Å². The zero-order valence-electron chi connectivity index (χ0n) is 12.4. The SMILES string of the molecule is Cc1cc(C)c([N+](=O)[O-])cc1Oc1c(CO)c(C)nn1C. The van der Waals surface area contributed by atoms with Crippen LogP contribution < -0.4 is 4.74 Å². The van der Waals surface area contributed by atoms with Crippen molar-refractivity contribution in [3.63, 3.8) is 0 Å². The van der Waals surface area contributed by atoms with Gasteiger partial charge in [0.15, 0.2) is 0 Å². The number of rotatable bonds is 4. The molecular formula is C14H17N3O4. The molecule has 21 heavy (non-hydrogen) atoms. The molecule has 1 aromatic carbocycles. The van der Waals surface area contributed by atoms with Crippen LogP contribution in [0.4, 0.5) is 5.69 Å². The fourth-order valence-electron chi connectivity index (χ4n) is 2.22. The number of aromatic nitrogens is 2. The molecule has 0 saturated heterocycles. The number of benzene rings is 1. The van der Waals surface area contributed by atoms with Gasteiger partial charge in [-0.2, -0.15) is 5.10 Å². The maximum atomic E-state index is 11.0. The van der Waals surface area contributed by atoms with E-state index in [-0.39, 0.29) is 12.3 Å². The van der Waals surface area contributed by atoms with Gasteiger partial charge in [0.05, 0.1) is 28.9 Å². The van der Waals surface area contributed by atoms with Gasteiger partial charge in [-0.1, -0.05) is 0 Å². The first-order valence-electron chi connectivity index (χ1n) is 6.42. The summed E-state index contributed by atoms with van der Waals surface area (Å²) < 4.78 is 7.27. The average molecular weight is 291 g/mol. The molecule has 0 bridgehead atoms. The number of hydrogen-bond acceptors (Lipinski definition) is 5. The second kappa shape index (κ2) is 5.53. The van der Waals surface area contributed by atoms with E-state index in [4.69, 9.17) is 4.74 Å². The highest BCUT2D eigenvalue weighted by Crippen LogP contribution is 2.33. The Morgan fingerprint density at radius 3 is 2.57 bits per heavy atom. The topological polar surface area (TPSA) is 90.4 Å². The number of nitro benzene ring substituents is 1. The van der Waals surface area contributed by atoms with Crippen molar-refractivity contribution in [3.05, 3.63) is 44.6 Å². The second-order valence-electron chi connectivity index (χ2n) is 4.91. The summed E-state index contributed by atoms with van der Waals surface area (Å²) in [7, 11) is 1.69. The van der Waals surface area contributed by atoms with Crippen LogP contribution in [-0.2, 0) is 13.7 Å². The Bertz CT molecular complexity index is 707. The van der Waals surface area contributed by atoms with Crippen LogP contribution in [0, 0.1) is 30.9 Å². The Hall–Kier alpha value is -2.41. The van der Waals surface area contributed by atoms with Crippen molar-refractivity contribution in [1.29, 1.82) is 0 Å². The first kappa shape index (κ1) is 15.0. The molecule has 0 aliphatic heterocycles. The molecule has 0 amide bonds. The minimum atomic E-state index is -0.441. The molecule has 1 N–H and O–H groups in total. The largest absolute Gasteiger partial charge is 0.438 e. The fraction of sp³-hybridized carbons (Fsp3) is 0.357. The minimum Gasteiger partial charge on any atom is -0.438 e. The predicted molar refractivity (Wildman–Crippen MR) is 76.5 cm³/mol. The summed E-state index contributed by atoms with van der Waals surface area (Å²) in [6.45, 7) is 5.06. The Labute approximate surface area is 121 Å². The van der Waals surface area contributed by atoms with Crippen LogP contribution in [0.15, 0.2) is 12.1 Å². The molecule has 2 rings (SSSR count). The molecule has 112 valence electrons. The third-order valence-corrected chi connectivity index (χ3v) is 3.34. The van der Waals surface area contributed by atoms with Crippen LogP contribution >= 0.6 is 0 Å². The highest BCUT2D eigenvalue weighted by molar-refractivity contribution is 5.51. The molecule has 1 aromatic heterocycles. The quantitative estimate of drug-likeness (QED) is 0.690. The number of nitrogens with zero attached hydrogens (tertiary/aromatic N) is 3. The number of aliphatic hydroxyl groups is 1. The van der Waals surface area contributed by atoms with Gasteiger partial charge in [0.25, 0.3) is 5.69 Å². The number of hydrogen-bond donors (Lipinski definition) is 1. The van der Waals surface area contributed by atoms with Crippen LogP contribution in [0.5, 0.6) is 11.6 Å². The Balaban J connectivity index is 2.49. The molecule has 2 aromatic rings. The Morgan fingerprint density at radius 2 is 2.00 bits per heavy atom. The van der Waals surface area contributed by atoms with Gasteiger partial charge in [0.1, 0.15) is 5.75 Å². The van der Waals surface area contributed by atoms with Crippen molar-refractivity contribution in [1.82, 2.24) is 9.78 Å². The summed E-state index contributed by atoms with van der Waals surface area (Å²) in [5.74, 6) is 0.765. The molecule has 0 unspecified atom stereocenters. The summed E-state index contributed by atoms with van der Waals surface area (Å²) in [6.07, 6.45) is 0. The van der Waals surface area contributed by atoms with Gasteiger partial charge in [-0.05, 0) is 32.4 Å². The molecule has 0 spiro atoms. The molecule has 1 heterocycles. The third-order valence-electron chi connectivity index (χ3n) is 3.34. The van der Waals surface area contributed by atoms with Gasteiger partial charge in [-0.3, -0.25) is 10.1 Å². The maximum absolute atomic E-state index is 11.0. The molecule has 7 nitrogen and oxygen atoms in total. The maximum Gasteiger partial charge on any atom is 0.276 e. The lowest BCUT2D eigenvalue weighted by molar-refractivity contribution is -0.385. The Morgan fingerprint density at radius 1 is 1.33 bits per heavy atom. The summed E-state index contributed by atoms with van der Waals surface area (Å²) in [5, 5.41) is 24.6. The van der Waals surface area contributed by atoms with Crippen molar-refractivity contribution in [2.24, 2.45) is 7.05 Å². The highest BCUT2D eigenvalue weighted by Gasteiger charge is 2.19. The number of nitro groups is 1. The third kappa shape index (κ3) is 2.73. The lowest BCUT2D eigenvalue weighted by atomic mass is 10.1. The highest BCUT2D eigenvalue weighted by atomic mass is 16.6. The van der Waals surface area contributed by atoms with E-state index < -0.39 is 4.92 Å². The summed E-state index contributed by atoms with van der Waals surface area (Å²) in [6, 6.07) is 3.10. The lowest BCUT2D eigenvalue weighted by Crippen LogP contribution is -2.00. The van der Waals surface area contributed by atoms with E-state index in [0.717, 1.165) is 5.56 Å². The van der Waals surface area contributed by atoms with Crippen LogP contribution in [0.3, 0.4) is 0 Å². The van der Waals surface area contributed by atoms with Crippen molar-refractivity contribution >= 4 is 5.69 Å². The summed E-state index contributed by atoms with van der Waals surface area (Å²) in [4.78, 5) is 10.6. The van der Waals surface area contributed by atoms with Crippen molar-refractivity contribution < 1.29 is 14.8 Å². The van der Waals surface area contributed by atoms with Crippen LogP contribution in [0.1, 0.15) is 22.4 Å². The molecule has 0 aliphatic rings. The van der Waals surface area contributed by atoms with E-state index in [1.54, 1.807) is 27.0 Å². The van der Waals surface area contributed by atoms with E-state index in [2.05, 4.69) is 5.10 Å². The first-order valence-corrected chi connectivity index (χ1v) is 6.42. The number of aliphatic hydroxyl groups excluding tert-OH is 1. The Kier molecular flexibility index (Phi) is 3.95. The molecule has 0 atom stereocenters. The van der Waals surface area contributed by atoms with Gasteiger partial charge < -0.3 is 9.84 Å². The standard InChI is InChI=1S/C14H17N3O4/c1-8-5-9(2)13(6-12(8)17(19)20)21-14-11(7-18)10(3)15-16(14)4/h5-6,18H,7H2,1-4H3. The normalized spacial score (nSPS) is 10.7. The van der Waals surface area contributed by atoms with E-state index in [0.29, 0.717) is 28.5 Å². The molecule has 0 aliphatic carbocycles. The van der Waals surface area contributed by atoms with Gasteiger partial charge in [0, 0.05) is 12.6 Å². The van der Waals surface area contributed by atoms with Gasteiger partial charge in [0.2, 0.25) is 5.88 Å². The van der Waals surface area contributed by atoms with Crippen molar-refractivity contribution in [2.45, 2.75) is 27.4 Å². The number of aryl methyl sites for hydroxylation is 4. The van der Waals surface area contributed by atoms with Crippen molar-refractivity contribution in [2.75, 3.05) is 0 Å². The van der Waals surface area contributed by atoms with Crippen LogP contribution in [-0.4, -0.2) is 19.8 Å². The van der Waals surface area contributed by atoms with E-state index in [9.17, 15) is 15.2 Å². The van der Waals surface area contributed by atoms with Crippen LogP contribution in [0.2, 0.25) is 0 Å². The summed E-state index contributed by atoms with van der Waals surface area (Å²) >= 11 is 0. The zero-order chi connectivity index (χ0) is 15.7. The van der Waals surface area contributed by atoms with E-state index in [1.807, 2.05) is 6.92 Å². The van der Waals surface area contributed by atoms with Gasteiger partial charge in [-0.25, -0.2) is 4.68 Å². The molecule has 0 radical (unpaired) electrons. The zero-order valence-corrected chi connectivity index (χ0v) is 12.4.